The molecular formula is C14H21BrN2O2. The van der Waals surface area contributed by atoms with Gasteiger partial charge in [0.1, 0.15) is 18.5 Å². The highest BCUT2D eigenvalue weighted by atomic mass is 79.9. The quantitative estimate of drug-likeness (QED) is 0.863. The lowest BCUT2D eigenvalue weighted by Gasteiger charge is -2.35. The summed E-state index contributed by atoms with van der Waals surface area (Å²) in [7, 11) is 0. The molecule has 0 aliphatic carbocycles. The van der Waals surface area contributed by atoms with Gasteiger partial charge in [-0.15, -0.1) is 0 Å². The Balaban J connectivity index is 1.88. The number of hydrogen-bond donors (Lipinski definition) is 1. The number of nitrogens with zero attached hydrogens (tertiary/aromatic N) is 1. The third-order valence-electron chi connectivity index (χ3n) is 3.30. The molecule has 1 aliphatic rings. The van der Waals surface area contributed by atoms with Crippen molar-refractivity contribution in [2.45, 2.75) is 26.0 Å². The molecule has 1 aromatic rings. The van der Waals surface area contributed by atoms with Gasteiger partial charge >= 0.3 is 0 Å². The number of anilines is 1. The molecule has 4 nitrogen and oxygen atoms in total. The SMILES string of the molecule is CC(C)N1CCOC(COc2ccc(Br)cc2N)C1. The van der Waals surface area contributed by atoms with E-state index in [1.807, 2.05) is 18.2 Å². The molecule has 2 rings (SSSR count). The van der Waals surface area contributed by atoms with E-state index in [0.29, 0.717) is 24.1 Å². The van der Waals surface area contributed by atoms with Crippen molar-refractivity contribution >= 4 is 21.6 Å². The Morgan fingerprint density at radius 2 is 2.32 bits per heavy atom. The fourth-order valence-corrected chi connectivity index (χ4v) is 2.52. The molecule has 1 saturated heterocycles. The minimum atomic E-state index is 0.110. The van der Waals surface area contributed by atoms with E-state index in [4.69, 9.17) is 15.2 Å². The molecule has 1 heterocycles. The summed E-state index contributed by atoms with van der Waals surface area (Å²) in [6.07, 6.45) is 0.110. The van der Waals surface area contributed by atoms with Crippen molar-refractivity contribution in [1.82, 2.24) is 4.90 Å². The Morgan fingerprint density at radius 1 is 1.53 bits per heavy atom. The van der Waals surface area contributed by atoms with Gasteiger partial charge in [-0.05, 0) is 32.0 Å². The highest BCUT2D eigenvalue weighted by Crippen LogP contribution is 2.25. The van der Waals surface area contributed by atoms with Crippen LogP contribution in [0.25, 0.3) is 0 Å². The molecule has 19 heavy (non-hydrogen) atoms. The zero-order valence-corrected chi connectivity index (χ0v) is 13.0. The second kappa shape index (κ2) is 6.59. The van der Waals surface area contributed by atoms with Crippen LogP contribution in [0.5, 0.6) is 5.75 Å². The van der Waals surface area contributed by atoms with Gasteiger partial charge in [-0.1, -0.05) is 15.9 Å². The first kappa shape index (κ1) is 14.6. The van der Waals surface area contributed by atoms with E-state index < -0.39 is 0 Å². The van der Waals surface area contributed by atoms with Crippen molar-refractivity contribution in [3.8, 4) is 5.75 Å². The van der Waals surface area contributed by atoms with Gasteiger partial charge in [0.2, 0.25) is 0 Å². The van der Waals surface area contributed by atoms with Gasteiger partial charge in [-0.25, -0.2) is 0 Å². The number of hydrogen-bond acceptors (Lipinski definition) is 4. The molecule has 1 aromatic carbocycles. The standard InChI is InChI=1S/C14H21BrN2O2/c1-10(2)17-5-6-18-12(8-17)9-19-14-4-3-11(15)7-13(14)16/h3-4,7,10,12H,5-6,8-9,16H2,1-2H3. The molecule has 1 unspecified atom stereocenters. The van der Waals surface area contributed by atoms with Crippen molar-refractivity contribution in [3.63, 3.8) is 0 Å². The third-order valence-corrected chi connectivity index (χ3v) is 3.79. The molecule has 0 bridgehead atoms. The number of rotatable bonds is 4. The van der Waals surface area contributed by atoms with Crippen LogP contribution in [0, 0.1) is 0 Å². The van der Waals surface area contributed by atoms with Gasteiger partial charge in [0.15, 0.2) is 0 Å². The van der Waals surface area contributed by atoms with E-state index in [-0.39, 0.29) is 6.10 Å². The van der Waals surface area contributed by atoms with Crippen molar-refractivity contribution in [1.29, 1.82) is 0 Å². The Kier molecular flexibility index (Phi) is 5.07. The first-order valence-electron chi connectivity index (χ1n) is 6.59. The minimum Gasteiger partial charge on any atom is -0.489 e. The van der Waals surface area contributed by atoms with Crippen LogP contribution in [0.4, 0.5) is 5.69 Å². The summed E-state index contributed by atoms with van der Waals surface area (Å²) >= 11 is 3.38. The molecule has 106 valence electrons. The van der Waals surface area contributed by atoms with E-state index >= 15 is 0 Å². The number of nitrogens with two attached hydrogens (primary N) is 1. The summed E-state index contributed by atoms with van der Waals surface area (Å²) < 4.78 is 12.4. The maximum atomic E-state index is 5.91. The zero-order valence-electron chi connectivity index (χ0n) is 11.4. The van der Waals surface area contributed by atoms with Gasteiger partial charge in [-0.3, -0.25) is 4.90 Å². The van der Waals surface area contributed by atoms with Crippen molar-refractivity contribution in [2.75, 3.05) is 32.0 Å². The van der Waals surface area contributed by atoms with Crippen LogP contribution in [0.3, 0.4) is 0 Å². The van der Waals surface area contributed by atoms with Gasteiger partial charge in [-0.2, -0.15) is 0 Å². The molecule has 0 radical (unpaired) electrons. The topological polar surface area (TPSA) is 47.7 Å². The Hall–Kier alpha value is -0.780. The highest BCUT2D eigenvalue weighted by Gasteiger charge is 2.22. The number of benzene rings is 1. The second-order valence-electron chi connectivity index (χ2n) is 5.07. The normalized spacial score (nSPS) is 20.7. The molecular weight excluding hydrogens is 308 g/mol. The lowest BCUT2D eigenvalue weighted by molar-refractivity contribution is -0.0563. The molecule has 2 N–H and O–H groups in total. The van der Waals surface area contributed by atoms with Crippen LogP contribution in [-0.2, 0) is 4.74 Å². The van der Waals surface area contributed by atoms with Crippen LogP contribution in [0.2, 0.25) is 0 Å². The average Bonchev–Trinajstić information content (AvgIpc) is 2.38. The van der Waals surface area contributed by atoms with Crippen LogP contribution in [0.1, 0.15) is 13.8 Å². The van der Waals surface area contributed by atoms with Crippen molar-refractivity contribution in [2.24, 2.45) is 0 Å². The highest BCUT2D eigenvalue weighted by molar-refractivity contribution is 9.10. The van der Waals surface area contributed by atoms with E-state index in [0.717, 1.165) is 24.2 Å². The van der Waals surface area contributed by atoms with Crippen LogP contribution in [-0.4, -0.2) is 43.3 Å². The van der Waals surface area contributed by atoms with E-state index in [2.05, 4.69) is 34.7 Å². The molecule has 5 heteroatoms. The van der Waals surface area contributed by atoms with Gasteiger partial charge in [0.25, 0.3) is 0 Å². The summed E-state index contributed by atoms with van der Waals surface area (Å²) in [5.41, 5.74) is 6.55. The smallest absolute Gasteiger partial charge is 0.142 e. The largest absolute Gasteiger partial charge is 0.489 e. The van der Waals surface area contributed by atoms with Crippen molar-refractivity contribution < 1.29 is 9.47 Å². The first-order chi connectivity index (χ1) is 9.06. The van der Waals surface area contributed by atoms with E-state index in [1.54, 1.807) is 0 Å². The molecule has 0 spiro atoms. The summed E-state index contributed by atoms with van der Waals surface area (Å²) in [4.78, 5) is 2.41. The number of morpholine rings is 1. The van der Waals surface area contributed by atoms with Crippen molar-refractivity contribution in [3.05, 3.63) is 22.7 Å². The molecule has 1 aliphatic heterocycles. The minimum absolute atomic E-state index is 0.110. The predicted molar refractivity (Wildman–Crippen MR) is 80.5 cm³/mol. The van der Waals surface area contributed by atoms with Crippen LogP contribution in [0.15, 0.2) is 22.7 Å². The van der Waals surface area contributed by atoms with Gasteiger partial charge < -0.3 is 15.2 Å². The summed E-state index contributed by atoms with van der Waals surface area (Å²) in [6.45, 7) is 7.62. The fourth-order valence-electron chi connectivity index (χ4n) is 2.15. The maximum absolute atomic E-state index is 5.91. The number of halogens is 1. The molecule has 0 saturated carbocycles. The Labute approximate surface area is 123 Å². The second-order valence-corrected chi connectivity index (χ2v) is 5.99. The predicted octanol–water partition coefficient (Wildman–Crippen LogP) is 2.52. The fraction of sp³-hybridized carbons (Fsp3) is 0.571. The van der Waals surface area contributed by atoms with Gasteiger partial charge in [0.05, 0.1) is 12.3 Å². The van der Waals surface area contributed by atoms with E-state index in [9.17, 15) is 0 Å². The van der Waals surface area contributed by atoms with E-state index in [1.165, 1.54) is 0 Å². The molecule has 1 atom stereocenters. The van der Waals surface area contributed by atoms with Crippen LogP contribution >= 0.6 is 15.9 Å². The molecule has 1 fully saturated rings. The van der Waals surface area contributed by atoms with Gasteiger partial charge in [0, 0.05) is 23.6 Å². The van der Waals surface area contributed by atoms with Crippen LogP contribution < -0.4 is 10.5 Å². The maximum Gasteiger partial charge on any atom is 0.142 e. The summed E-state index contributed by atoms with van der Waals surface area (Å²) in [5.74, 6) is 0.716. The Morgan fingerprint density at radius 3 is 3.00 bits per heavy atom. The lowest BCUT2D eigenvalue weighted by atomic mass is 10.2. The zero-order chi connectivity index (χ0) is 13.8. The summed E-state index contributed by atoms with van der Waals surface area (Å²) in [5, 5.41) is 0. The summed E-state index contributed by atoms with van der Waals surface area (Å²) in [6, 6.07) is 6.19. The molecule has 0 aromatic heterocycles. The molecule has 0 amide bonds. The third kappa shape index (κ3) is 4.09. The first-order valence-corrected chi connectivity index (χ1v) is 7.39. The average molecular weight is 329 g/mol. The number of nitrogen functional groups attached to an aromatic ring is 1. The monoisotopic (exact) mass is 328 g/mol. The lowest BCUT2D eigenvalue weighted by Crippen LogP contribution is -2.47. The Bertz CT molecular complexity index is 426. The number of ether oxygens (including phenoxy) is 2.